The van der Waals surface area contributed by atoms with Gasteiger partial charge in [0.25, 0.3) is 0 Å². The van der Waals surface area contributed by atoms with Gasteiger partial charge in [-0.25, -0.2) is 0 Å². The SMILES string of the molecule is CC1(C)CCCN(c2ccc(C#N)c3ccccc23)C1. The maximum absolute atomic E-state index is 9.26. The Morgan fingerprint density at radius 3 is 2.55 bits per heavy atom. The fraction of sp³-hybridized carbons (Fsp3) is 0.389. The van der Waals surface area contributed by atoms with Crippen LogP contribution < -0.4 is 4.90 Å². The zero-order valence-corrected chi connectivity index (χ0v) is 12.2. The number of benzene rings is 2. The molecule has 0 N–H and O–H groups in total. The second-order valence-corrected chi connectivity index (χ2v) is 6.48. The monoisotopic (exact) mass is 264 g/mol. The molecule has 3 rings (SSSR count). The van der Waals surface area contributed by atoms with Crippen LogP contribution in [0.1, 0.15) is 32.3 Å². The van der Waals surface area contributed by atoms with Gasteiger partial charge < -0.3 is 4.90 Å². The first-order chi connectivity index (χ1) is 9.61. The average molecular weight is 264 g/mol. The highest BCUT2D eigenvalue weighted by atomic mass is 15.1. The Morgan fingerprint density at radius 2 is 1.85 bits per heavy atom. The van der Waals surface area contributed by atoms with Gasteiger partial charge in [-0.05, 0) is 30.4 Å². The smallest absolute Gasteiger partial charge is 0.0998 e. The summed E-state index contributed by atoms with van der Waals surface area (Å²) in [6.45, 7) is 6.87. The number of nitriles is 1. The van der Waals surface area contributed by atoms with Crippen LogP contribution in [-0.4, -0.2) is 13.1 Å². The molecular weight excluding hydrogens is 244 g/mol. The lowest BCUT2D eigenvalue weighted by Crippen LogP contribution is -2.40. The van der Waals surface area contributed by atoms with Gasteiger partial charge in [0.15, 0.2) is 0 Å². The van der Waals surface area contributed by atoms with Crippen molar-refractivity contribution in [2.45, 2.75) is 26.7 Å². The summed E-state index contributed by atoms with van der Waals surface area (Å²) in [7, 11) is 0. The van der Waals surface area contributed by atoms with E-state index < -0.39 is 0 Å². The van der Waals surface area contributed by atoms with E-state index in [9.17, 15) is 5.26 Å². The molecule has 2 aromatic carbocycles. The number of fused-ring (bicyclic) bond motifs is 1. The first kappa shape index (κ1) is 13.0. The van der Waals surface area contributed by atoms with Crippen LogP contribution in [-0.2, 0) is 0 Å². The van der Waals surface area contributed by atoms with Crippen LogP contribution in [0.4, 0.5) is 5.69 Å². The van der Waals surface area contributed by atoms with Crippen molar-refractivity contribution in [2.75, 3.05) is 18.0 Å². The summed E-state index contributed by atoms with van der Waals surface area (Å²) in [5.74, 6) is 0. The van der Waals surface area contributed by atoms with E-state index in [1.165, 1.54) is 23.9 Å². The molecule has 1 heterocycles. The van der Waals surface area contributed by atoms with Crippen LogP contribution in [0.15, 0.2) is 36.4 Å². The van der Waals surface area contributed by atoms with E-state index in [2.05, 4.69) is 43.0 Å². The summed E-state index contributed by atoms with van der Waals surface area (Å²) in [5, 5.41) is 11.5. The van der Waals surface area contributed by atoms with Crippen molar-refractivity contribution < 1.29 is 0 Å². The van der Waals surface area contributed by atoms with Gasteiger partial charge in [0.1, 0.15) is 0 Å². The Bertz CT molecular complexity index is 679. The highest BCUT2D eigenvalue weighted by Crippen LogP contribution is 2.35. The van der Waals surface area contributed by atoms with Gasteiger partial charge >= 0.3 is 0 Å². The fourth-order valence-corrected chi connectivity index (χ4v) is 3.29. The quantitative estimate of drug-likeness (QED) is 0.766. The van der Waals surface area contributed by atoms with Crippen LogP contribution in [0.25, 0.3) is 10.8 Å². The van der Waals surface area contributed by atoms with Gasteiger partial charge in [0.2, 0.25) is 0 Å². The molecule has 1 fully saturated rings. The maximum Gasteiger partial charge on any atom is 0.0998 e. The molecule has 0 unspecified atom stereocenters. The van der Waals surface area contributed by atoms with Gasteiger partial charge in [-0.15, -0.1) is 0 Å². The Balaban J connectivity index is 2.11. The molecule has 0 amide bonds. The van der Waals surface area contributed by atoms with Gasteiger partial charge in [-0.3, -0.25) is 0 Å². The largest absolute Gasteiger partial charge is 0.370 e. The molecule has 2 nitrogen and oxygen atoms in total. The summed E-state index contributed by atoms with van der Waals surface area (Å²) in [4.78, 5) is 2.48. The minimum atomic E-state index is 0.368. The van der Waals surface area contributed by atoms with Crippen molar-refractivity contribution in [3.63, 3.8) is 0 Å². The molecular formula is C18H20N2. The highest BCUT2D eigenvalue weighted by molar-refractivity contribution is 5.97. The average Bonchev–Trinajstić information content (AvgIpc) is 2.45. The van der Waals surface area contributed by atoms with Gasteiger partial charge in [0.05, 0.1) is 11.6 Å². The predicted molar refractivity (Wildman–Crippen MR) is 83.9 cm³/mol. The van der Waals surface area contributed by atoms with E-state index in [-0.39, 0.29) is 0 Å². The molecule has 102 valence electrons. The second kappa shape index (κ2) is 4.83. The molecule has 0 atom stereocenters. The third kappa shape index (κ3) is 2.25. The molecule has 1 aliphatic rings. The summed E-state index contributed by atoms with van der Waals surface area (Å²) in [5.41, 5.74) is 2.40. The molecule has 0 radical (unpaired) electrons. The highest BCUT2D eigenvalue weighted by Gasteiger charge is 2.27. The van der Waals surface area contributed by atoms with E-state index in [1.807, 2.05) is 18.2 Å². The topological polar surface area (TPSA) is 27.0 Å². The summed E-state index contributed by atoms with van der Waals surface area (Å²) in [6.07, 6.45) is 2.53. The number of piperidine rings is 1. The number of anilines is 1. The van der Waals surface area contributed by atoms with E-state index in [0.717, 1.165) is 24.0 Å². The zero-order valence-electron chi connectivity index (χ0n) is 12.2. The standard InChI is InChI=1S/C18H20N2/c1-18(2)10-5-11-20(13-18)17-9-8-14(12-19)15-6-3-4-7-16(15)17/h3-4,6-9H,5,10-11,13H2,1-2H3. The Labute approximate surface area is 120 Å². The summed E-state index contributed by atoms with van der Waals surface area (Å²) in [6, 6.07) is 14.6. The molecule has 0 spiro atoms. The minimum Gasteiger partial charge on any atom is -0.370 e. The third-order valence-corrected chi connectivity index (χ3v) is 4.26. The van der Waals surface area contributed by atoms with Crippen LogP contribution in [0, 0.1) is 16.7 Å². The van der Waals surface area contributed by atoms with Crippen molar-refractivity contribution in [1.82, 2.24) is 0 Å². The zero-order chi connectivity index (χ0) is 14.2. The van der Waals surface area contributed by atoms with Gasteiger partial charge in [-0.2, -0.15) is 5.26 Å². The summed E-state index contributed by atoms with van der Waals surface area (Å²) >= 11 is 0. The van der Waals surface area contributed by atoms with Crippen molar-refractivity contribution in [1.29, 1.82) is 5.26 Å². The van der Waals surface area contributed by atoms with Crippen molar-refractivity contribution >= 4 is 16.5 Å². The normalized spacial score (nSPS) is 17.9. The number of hydrogen-bond acceptors (Lipinski definition) is 2. The molecule has 1 saturated heterocycles. The maximum atomic E-state index is 9.26. The lowest BCUT2D eigenvalue weighted by Gasteiger charge is -2.40. The Hall–Kier alpha value is -2.01. The summed E-state index contributed by atoms with van der Waals surface area (Å²) < 4.78 is 0. The second-order valence-electron chi connectivity index (χ2n) is 6.48. The van der Waals surface area contributed by atoms with E-state index in [1.54, 1.807) is 0 Å². The molecule has 2 heteroatoms. The van der Waals surface area contributed by atoms with Crippen molar-refractivity contribution in [3.8, 4) is 6.07 Å². The van der Waals surface area contributed by atoms with Crippen LogP contribution in [0.2, 0.25) is 0 Å². The first-order valence-electron chi connectivity index (χ1n) is 7.27. The van der Waals surface area contributed by atoms with Crippen LogP contribution >= 0.6 is 0 Å². The lowest BCUT2D eigenvalue weighted by molar-refractivity contribution is 0.293. The van der Waals surface area contributed by atoms with E-state index in [4.69, 9.17) is 0 Å². The van der Waals surface area contributed by atoms with Gasteiger partial charge in [-0.1, -0.05) is 38.1 Å². The Kier molecular flexibility index (Phi) is 3.14. The molecule has 0 aromatic heterocycles. The minimum absolute atomic E-state index is 0.368. The molecule has 20 heavy (non-hydrogen) atoms. The van der Waals surface area contributed by atoms with Crippen LogP contribution in [0.3, 0.4) is 0 Å². The van der Waals surface area contributed by atoms with E-state index >= 15 is 0 Å². The van der Waals surface area contributed by atoms with Crippen molar-refractivity contribution in [3.05, 3.63) is 42.0 Å². The van der Waals surface area contributed by atoms with Crippen molar-refractivity contribution in [2.24, 2.45) is 5.41 Å². The third-order valence-electron chi connectivity index (χ3n) is 4.26. The number of hydrogen-bond donors (Lipinski definition) is 0. The number of nitrogens with zero attached hydrogens (tertiary/aromatic N) is 2. The molecule has 2 aromatic rings. The van der Waals surface area contributed by atoms with Crippen LogP contribution in [0.5, 0.6) is 0 Å². The molecule has 0 bridgehead atoms. The number of rotatable bonds is 1. The first-order valence-corrected chi connectivity index (χ1v) is 7.27. The molecule has 0 aliphatic carbocycles. The Morgan fingerprint density at radius 1 is 1.10 bits per heavy atom. The fourth-order valence-electron chi connectivity index (χ4n) is 3.29. The molecule has 1 aliphatic heterocycles. The molecule has 0 saturated carbocycles. The predicted octanol–water partition coefficient (Wildman–Crippen LogP) is 4.34. The van der Waals surface area contributed by atoms with Gasteiger partial charge in [0, 0.05) is 29.5 Å². The lowest BCUT2D eigenvalue weighted by atomic mass is 9.83. The van der Waals surface area contributed by atoms with E-state index in [0.29, 0.717) is 5.41 Å².